The van der Waals surface area contributed by atoms with Crippen molar-refractivity contribution < 1.29 is 9.25 Å². The van der Waals surface area contributed by atoms with Crippen LogP contribution in [0.4, 0.5) is 11.4 Å². The maximum absolute atomic E-state index is 5.55. The summed E-state index contributed by atoms with van der Waals surface area (Å²) in [7, 11) is 0. The molecule has 0 amide bonds. The number of rotatable bonds is 7. The van der Waals surface area contributed by atoms with Crippen LogP contribution in [-0.2, 0) is 4.84 Å². The zero-order valence-electron chi connectivity index (χ0n) is 17.7. The average Bonchev–Trinajstić information content (AvgIpc) is 3.49. The summed E-state index contributed by atoms with van der Waals surface area (Å²) >= 11 is 0. The second-order valence-corrected chi connectivity index (χ2v) is 7.90. The summed E-state index contributed by atoms with van der Waals surface area (Å²) in [6, 6.07) is 18.2. The van der Waals surface area contributed by atoms with Crippen LogP contribution in [0.2, 0.25) is 0 Å². The van der Waals surface area contributed by atoms with Gasteiger partial charge in [-0.15, -0.1) is 0 Å². The van der Waals surface area contributed by atoms with Gasteiger partial charge in [0.25, 0.3) is 0 Å². The van der Waals surface area contributed by atoms with Crippen LogP contribution >= 0.6 is 0 Å². The van der Waals surface area contributed by atoms with E-state index in [1.165, 1.54) is 25.9 Å². The van der Waals surface area contributed by atoms with E-state index in [2.05, 4.69) is 50.7 Å². The number of nitrogens with one attached hydrogen (secondary N) is 1. The molecular formula is C25H26N4O2. The normalized spacial score (nSPS) is 15.1. The van der Waals surface area contributed by atoms with Crippen LogP contribution in [0.1, 0.15) is 25.3 Å². The van der Waals surface area contributed by atoms with Crippen LogP contribution in [0.3, 0.4) is 0 Å². The number of hydrogen-bond acceptors (Lipinski definition) is 6. The van der Waals surface area contributed by atoms with Gasteiger partial charge in [-0.05, 0) is 62.7 Å². The molecule has 1 N–H and O–H groups in total. The van der Waals surface area contributed by atoms with Gasteiger partial charge in [-0.2, -0.15) is 0 Å². The van der Waals surface area contributed by atoms with Crippen molar-refractivity contribution in [1.82, 2.24) is 9.88 Å². The number of fused-ring (bicyclic) bond motifs is 2. The third kappa shape index (κ3) is 4.25. The summed E-state index contributed by atoms with van der Waals surface area (Å²) < 4.78 is 5.55. The molecule has 3 heterocycles. The molecule has 0 saturated carbocycles. The van der Waals surface area contributed by atoms with E-state index in [0.717, 1.165) is 45.5 Å². The third-order valence-electron chi connectivity index (χ3n) is 5.78. The number of oxime groups is 1. The maximum atomic E-state index is 5.55. The Bertz CT molecular complexity index is 1210. The molecule has 1 saturated heterocycles. The van der Waals surface area contributed by atoms with Gasteiger partial charge in [-0.3, -0.25) is 4.90 Å². The number of benzene rings is 2. The number of furan rings is 1. The molecule has 0 bridgehead atoms. The highest BCUT2D eigenvalue weighted by Gasteiger charge is 2.12. The molecule has 4 aromatic rings. The summed E-state index contributed by atoms with van der Waals surface area (Å²) in [6.07, 6.45) is 4.27. The van der Waals surface area contributed by atoms with Gasteiger partial charge in [0.15, 0.2) is 0 Å². The second kappa shape index (κ2) is 8.78. The Morgan fingerprint density at radius 1 is 1.06 bits per heavy atom. The highest BCUT2D eigenvalue weighted by molar-refractivity contribution is 6.07. The van der Waals surface area contributed by atoms with Crippen molar-refractivity contribution in [1.29, 1.82) is 0 Å². The van der Waals surface area contributed by atoms with Crippen LogP contribution in [0.25, 0.3) is 22.0 Å². The summed E-state index contributed by atoms with van der Waals surface area (Å²) in [4.78, 5) is 12.6. The molecule has 6 nitrogen and oxygen atoms in total. The molecule has 158 valence electrons. The van der Waals surface area contributed by atoms with E-state index in [1.54, 1.807) is 6.26 Å². The minimum atomic E-state index is 0.631. The lowest BCUT2D eigenvalue weighted by molar-refractivity contribution is 0.119. The maximum Gasteiger partial charge on any atom is 0.228 e. The van der Waals surface area contributed by atoms with Gasteiger partial charge < -0.3 is 14.6 Å². The first kappa shape index (κ1) is 19.6. The fraction of sp³-hybridized carbons (Fsp3) is 0.280. The van der Waals surface area contributed by atoms with E-state index >= 15 is 0 Å². The quantitative estimate of drug-likeness (QED) is 0.244. The summed E-state index contributed by atoms with van der Waals surface area (Å²) in [5.74, 6) is 0. The minimum Gasteiger partial charge on any atom is -0.446 e. The van der Waals surface area contributed by atoms with Crippen LogP contribution < -0.4 is 5.32 Å². The number of para-hydroxylation sites is 1. The zero-order chi connectivity index (χ0) is 21.0. The number of aromatic nitrogens is 1. The first-order valence-electron chi connectivity index (χ1n) is 10.8. The van der Waals surface area contributed by atoms with Gasteiger partial charge in [-0.1, -0.05) is 35.5 Å². The Kier molecular flexibility index (Phi) is 5.54. The first-order valence-corrected chi connectivity index (χ1v) is 10.8. The van der Waals surface area contributed by atoms with Crippen molar-refractivity contribution in [2.45, 2.75) is 19.8 Å². The topological polar surface area (TPSA) is 62.9 Å². The fourth-order valence-electron chi connectivity index (χ4n) is 4.06. The van der Waals surface area contributed by atoms with E-state index in [-0.39, 0.29) is 0 Å². The van der Waals surface area contributed by atoms with Gasteiger partial charge >= 0.3 is 0 Å². The molecule has 0 unspecified atom stereocenters. The lowest BCUT2D eigenvalue weighted by atomic mass is 10.1. The molecule has 0 radical (unpaired) electrons. The lowest BCUT2D eigenvalue weighted by Crippen LogP contribution is -2.23. The molecule has 1 aliphatic heterocycles. The average molecular weight is 415 g/mol. The van der Waals surface area contributed by atoms with Crippen molar-refractivity contribution >= 4 is 39.1 Å². The standard InChI is InChI=1S/C25H26N4O2/c1-18(28-31-17-15-29-13-4-5-14-29)19-8-10-20(11-9-19)26-24-21-6-2-3-7-23(21)27-25-22(24)12-16-30-25/h2-3,6-12,16H,4-5,13-15,17H2,1H3,(H,26,27). The van der Waals surface area contributed by atoms with Crippen LogP contribution in [0, 0.1) is 0 Å². The molecule has 0 aliphatic carbocycles. The van der Waals surface area contributed by atoms with Crippen molar-refractivity contribution in [2.75, 3.05) is 31.6 Å². The van der Waals surface area contributed by atoms with Crippen molar-refractivity contribution in [3.63, 3.8) is 0 Å². The molecule has 0 atom stereocenters. The fourth-order valence-corrected chi connectivity index (χ4v) is 4.06. The van der Waals surface area contributed by atoms with Crippen LogP contribution in [0.15, 0.2) is 70.4 Å². The van der Waals surface area contributed by atoms with E-state index < -0.39 is 0 Å². The molecule has 1 fully saturated rings. The molecule has 2 aromatic heterocycles. The Hall–Kier alpha value is -3.38. The van der Waals surface area contributed by atoms with Crippen molar-refractivity contribution in [3.8, 4) is 0 Å². The van der Waals surface area contributed by atoms with Gasteiger partial charge in [0, 0.05) is 17.6 Å². The number of hydrogen-bond donors (Lipinski definition) is 1. The monoisotopic (exact) mass is 414 g/mol. The molecule has 31 heavy (non-hydrogen) atoms. The zero-order valence-corrected chi connectivity index (χ0v) is 17.7. The number of anilines is 2. The predicted octanol–water partition coefficient (Wildman–Crippen LogP) is 5.56. The van der Waals surface area contributed by atoms with E-state index in [4.69, 9.17) is 9.25 Å². The molecule has 5 rings (SSSR count). The number of nitrogens with zero attached hydrogens (tertiary/aromatic N) is 3. The van der Waals surface area contributed by atoms with E-state index in [0.29, 0.717) is 12.3 Å². The number of pyridine rings is 1. The summed E-state index contributed by atoms with van der Waals surface area (Å²) in [5.41, 5.74) is 5.44. The highest BCUT2D eigenvalue weighted by Crippen LogP contribution is 2.33. The smallest absolute Gasteiger partial charge is 0.228 e. The van der Waals surface area contributed by atoms with E-state index in [1.807, 2.05) is 31.2 Å². The molecule has 2 aromatic carbocycles. The highest BCUT2D eigenvalue weighted by atomic mass is 16.6. The Morgan fingerprint density at radius 2 is 1.87 bits per heavy atom. The van der Waals surface area contributed by atoms with E-state index in [9.17, 15) is 0 Å². The summed E-state index contributed by atoms with van der Waals surface area (Å²) in [6.45, 7) is 5.91. The molecular weight excluding hydrogens is 388 g/mol. The first-order chi connectivity index (χ1) is 15.3. The third-order valence-corrected chi connectivity index (χ3v) is 5.78. The van der Waals surface area contributed by atoms with Crippen LogP contribution in [-0.4, -0.2) is 41.8 Å². The predicted molar refractivity (Wildman–Crippen MR) is 125 cm³/mol. The Morgan fingerprint density at radius 3 is 2.71 bits per heavy atom. The largest absolute Gasteiger partial charge is 0.446 e. The van der Waals surface area contributed by atoms with Gasteiger partial charge in [0.1, 0.15) is 6.61 Å². The molecule has 1 aliphatic rings. The van der Waals surface area contributed by atoms with Crippen molar-refractivity contribution in [2.24, 2.45) is 5.16 Å². The van der Waals surface area contributed by atoms with Crippen LogP contribution in [0.5, 0.6) is 0 Å². The molecule has 6 heteroatoms. The minimum absolute atomic E-state index is 0.631. The second-order valence-electron chi connectivity index (χ2n) is 7.90. The number of likely N-dealkylation sites (tertiary alicyclic amines) is 1. The Labute approximate surface area is 181 Å². The van der Waals surface area contributed by atoms with Gasteiger partial charge in [0.2, 0.25) is 5.71 Å². The van der Waals surface area contributed by atoms with Gasteiger partial charge in [-0.25, -0.2) is 4.98 Å². The van der Waals surface area contributed by atoms with Gasteiger partial charge in [0.05, 0.1) is 28.6 Å². The Balaban J connectivity index is 1.30. The SMILES string of the molecule is CC(=NOCCN1CCCC1)c1ccc(Nc2c3ccccc3nc3occc23)cc1. The van der Waals surface area contributed by atoms with Crippen molar-refractivity contribution in [3.05, 3.63) is 66.4 Å². The summed E-state index contributed by atoms with van der Waals surface area (Å²) in [5, 5.41) is 9.87. The lowest BCUT2D eigenvalue weighted by Gasteiger charge is -2.13. The molecule has 0 spiro atoms.